The summed E-state index contributed by atoms with van der Waals surface area (Å²) in [5.41, 5.74) is 3.87. The minimum atomic E-state index is -4.94. The average molecular weight is 363 g/mol. The summed E-state index contributed by atoms with van der Waals surface area (Å²) in [4.78, 5) is -0.561. The van der Waals surface area contributed by atoms with Crippen LogP contribution >= 0.6 is 12.4 Å². The topological polar surface area (TPSA) is 63.4 Å². The first kappa shape index (κ1) is 19.1. The lowest BCUT2D eigenvalue weighted by Gasteiger charge is -2.17. The summed E-state index contributed by atoms with van der Waals surface area (Å²) in [6, 6.07) is 1.70. The van der Waals surface area contributed by atoms with Gasteiger partial charge in [-0.1, -0.05) is 0 Å². The van der Waals surface area contributed by atoms with Gasteiger partial charge in [0.05, 0.1) is 10.5 Å². The normalized spacial score (nSPS) is 20.0. The summed E-state index contributed by atoms with van der Waals surface area (Å²) in [7, 11) is -4.07. The standard InChI is InChI=1S/C12H14F4N2O2S.ClH/c13-11-2-1-9(5-10(11)12(14,15)16)21(19,20)18-4-3-8(6-17)7-18;/h1-2,5,8H,3-4,6-7,17H2;1H. The lowest BCUT2D eigenvalue weighted by molar-refractivity contribution is -0.140. The molecular weight excluding hydrogens is 348 g/mol. The number of hydrogen-bond donors (Lipinski definition) is 1. The van der Waals surface area contributed by atoms with Crippen molar-refractivity contribution < 1.29 is 26.0 Å². The van der Waals surface area contributed by atoms with Crippen LogP contribution in [-0.4, -0.2) is 32.4 Å². The van der Waals surface area contributed by atoms with Crippen molar-refractivity contribution in [1.82, 2.24) is 4.31 Å². The van der Waals surface area contributed by atoms with Gasteiger partial charge in [0.2, 0.25) is 10.0 Å². The van der Waals surface area contributed by atoms with Crippen molar-refractivity contribution >= 4 is 22.4 Å². The summed E-state index contributed by atoms with van der Waals surface area (Å²) < 4.78 is 76.8. The Balaban J connectivity index is 0.00000242. The van der Waals surface area contributed by atoms with E-state index in [0.717, 1.165) is 10.4 Å². The van der Waals surface area contributed by atoms with Gasteiger partial charge in [0, 0.05) is 13.1 Å². The Bertz CT molecular complexity index is 637. The quantitative estimate of drug-likeness (QED) is 0.839. The molecule has 0 radical (unpaired) electrons. The van der Waals surface area contributed by atoms with E-state index in [1.165, 1.54) is 0 Å². The number of rotatable bonds is 3. The summed E-state index contributed by atoms with van der Waals surface area (Å²) in [6.07, 6.45) is -4.39. The first-order chi connectivity index (χ1) is 9.66. The van der Waals surface area contributed by atoms with Crippen molar-refractivity contribution in [3.05, 3.63) is 29.6 Å². The van der Waals surface area contributed by atoms with E-state index < -0.39 is 32.5 Å². The molecule has 4 nitrogen and oxygen atoms in total. The second-order valence-electron chi connectivity index (χ2n) is 4.89. The van der Waals surface area contributed by atoms with E-state index in [4.69, 9.17) is 5.73 Å². The molecule has 0 saturated carbocycles. The molecule has 1 aromatic rings. The number of nitrogens with zero attached hydrogens (tertiary/aromatic N) is 1. The van der Waals surface area contributed by atoms with E-state index in [0.29, 0.717) is 25.1 Å². The second-order valence-corrected chi connectivity index (χ2v) is 6.83. The number of alkyl halides is 3. The Morgan fingerprint density at radius 1 is 1.32 bits per heavy atom. The Kier molecular flexibility index (Phi) is 5.82. The lowest BCUT2D eigenvalue weighted by Crippen LogP contribution is -2.30. The highest BCUT2D eigenvalue weighted by atomic mass is 35.5. The number of nitrogens with two attached hydrogens (primary N) is 1. The molecule has 0 bridgehead atoms. The average Bonchev–Trinajstić information content (AvgIpc) is 2.87. The highest BCUT2D eigenvalue weighted by Gasteiger charge is 2.37. The molecule has 10 heteroatoms. The fraction of sp³-hybridized carbons (Fsp3) is 0.500. The Morgan fingerprint density at radius 2 is 1.95 bits per heavy atom. The Labute approximate surface area is 131 Å². The molecule has 126 valence electrons. The van der Waals surface area contributed by atoms with E-state index in [9.17, 15) is 26.0 Å². The van der Waals surface area contributed by atoms with E-state index in [-0.39, 0.29) is 31.4 Å². The smallest absolute Gasteiger partial charge is 0.330 e. The first-order valence-electron chi connectivity index (χ1n) is 6.23. The Morgan fingerprint density at radius 3 is 2.45 bits per heavy atom. The van der Waals surface area contributed by atoms with Crippen molar-refractivity contribution in [2.45, 2.75) is 17.5 Å². The zero-order valence-electron chi connectivity index (χ0n) is 11.3. The zero-order valence-corrected chi connectivity index (χ0v) is 12.9. The molecule has 2 N–H and O–H groups in total. The van der Waals surface area contributed by atoms with Crippen molar-refractivity contribution in [2.24, 2.45) is 11.7 Å². The van der Waals surface area contributed by atoms with Crippen LogP contribution in [0.1, 0.15) is 12.0 Å². The summed E-state index contributed by atoms with van der Waals surface area (Å²) >= 11 is 0. The molecule has 1 fully saturated rings. The molecular formula is C12H15ClF4N2O2S. The van der Waals surface area contributed by atoms with Gasteiger partial charge in [-0.05, 0) is 37.1 Å². The molecule has 1 aliphatic rings. The third-order valence-electron chi connectivity index (χ3n) is 3.46. The van der Waals surface area contributed by atoms with Gasteiger partial charge < -0.3 is 5.73 Å². The summed E-state index contributed by atoms with van der Waals surface area (Å²) in [6.45, 7) is 0.670. The fourth-order valence-corrected chi connectivity index (χ4v) is 3.80. The van der Waals surface area contributed by atoms with Crippen LogP contribution in [0.15, 0.2) is 23.1 Å². The molecule has 1 aromatic carbocycles. The lowest BCUT2D eigenvalue weighted by atomic mass is 10.1. The molecule has 1 aliphatic heterocycles. The molecule has 0 aromatic heterocycles. The minimum Gasteiger partial charge on any atom is -0.330 e. The predicted molar refractivity (Wildman–Crippen MR) is 74.6 cm³/mol. The van der Waals surface area contributed by atoms with Crippen LogP contribution in [0.5, 0.6) is 0 Å². The molecule has 1 heterocycles. The number of sulfonamides is 1. The second kappa shape index (κ2) is 6.69. The van der Waals surface area contributed by atoms with Crippen LogP contribution in [0, 0.1) is 11.7 Å². The molecule has 22 heavy (non-hydrogen) atoms. The van der Waals surface area contributed by atoms with E-state index in [1.807, 2.05) is 0 Å². The maximum Gasteiger partial charge on any atom is 0.419 e. The maximum absolute atomic E-state index is 13.2. The van der Waals surface area contributed by atoms with Crippen molar-refractivity contribution in [3.8, 4) is 0 Å². The SMILES string of the molecule is Cl.NCC1CCN(S(=O)(=O)c2ccc(F)c(C(F)(F)F)c2)C1. The first-order valence-corrected chi connectivity index (χ1v) is 7.67. The van der Waals surface area contributed by atoms with Gasteiger partial charge in [-0.25, -0.2) is 12.8 Å². The third-order valence-corrected chi connectivity index (χ3v) is 5.32. The number of hydrogen-bond acceptors (Lipinski definition) is 3. The molecule has 0 aliphatic carbocycles. The van der Waals surface area contributed by atoms with Crippen LogP contribution in [0.3, 0.4) is 0 Å². The monoisotopic (exact) mass is 362 g/mol. The van der Waals surface area contributed by atoms with Crippen molar-refractivity contribution in [3.63, 3.8) is 0 Å². The molecule has 1 atom stereocenters. The van der Waals surface area contributed by atoms with Gasteiger partial charge in [0.25, 0.3) is 0 Å². The van der Waals surface area contributed by atoms with Crippen LogP contribution in [0.2, 0.25) is 0 Å². The third kappa shape index (κ3) is 3.70. The number of halogens is 5. The van der Waals surface area contributed by atoms with Crippen molar-refractivity contribution in [1.29, 1.82) is 0 Å². The van der Waals surface area contributed by atoms with Gasteiger partial charge in [-0.3, -0.25) is 0 Å². The van der Waals surface area contributed by atoms with E-state index in [2.05, 4.69) is 0 Å². The highest BCUT2D eigenvalue weighted by molar-refractivity contribution is 7.89. The molecule has 1 unspecified atom stereocenters. The molecule has 1 saturated heterocycles. The van der Waals surface area contributed by atoms with Gasteiger partial charge >= 0.3 is 6.18 Å². The van der Waals surface area contributed by atoms with E-state index in [1.54, 1.807) is 0 Å². The van der Waals surface area contributed by atoms with Gasteiger partial charge in [-0.2, -0.15) is 17.5 Å². The van der Waals surface area contributed by atoms with Gasteiger partial charge in [0.15, 0.2) is 0 Å². The van der Waals surface area contributed by atoms with Gasteiger partial charge in [0.1, 0.15) is 5.82 Å². The minimum absolute atomic E-state index is 0. The van der Waals surface area contributed by atoms with E-state index >= 15 is 0 Å². The van der Waals surface area contributed by atoms with Crippen LogP contribution in [-0.2, 0) is 16.2 Å². The number of benzene rings is 1. The summed E-state index contributed by atoms with van der Waals surface area (Å²) in [5, 5.41) is 0. The zero-order chi connectivity index (χ0) is 15.8. The van der Waals surface area contributed by atoms with Gasteiger partial charge in [-0.15, -0.1) is 12.4 Å². The largest absolute Gasteiger partial charge is 0.419 e. The molecule has 0 amide bonds. The highest BCUT2D eigenvalue weighted by Crippen LogP contribution is 2.34. The fourth-order valence-electron chi connectivity index (χ4n) is 2.24. The molecule has 2 rings (SSSR count). The van der Waals surface area contributed by atoms with Crippen LogP contribution in [0.25, 0.3) is 0 Å². The Hall–Kier alpha value is -0.900. The van der Waals surface area contributed by atoms with Crippen LogP contribution in [0.4, 0.5) is 17.6 Å². The summed E-state index contributed by atoms with van der Waals surface area (Å²) in [5.74, 6) is -1.51. The predicted octanol–water partition coefficient (Wildman–Crippen LogP) is 2.24. The van der Waals surface area contributed by atoms with Crippen LogP contribution < -0.4 is 5.73 Å². The maximum atomic E-state index is 13.2. The molecule has 0 spiro atoms. The van der Waals surface area contributed by atoms with Crippen molar-refractivity contribution in [2.75, 3.05) is 19.6 Å².